The molecule has 0 aliphatic rings. The lowest BCUT2D eigenvalue weighted by Gasteiger charge is -2.09. The van der Waals surface area contributed by atoms with Crippen LogP contribution in [0.15, 0.2) is 47.4 Å². The second kappa shape index (κ2) is 6.80. The summed E-state index contributed by atoms with van der Waals surface area (Å²) < 4.78 is 22.3. The van der Waals surface area contributed by atoms with Gasteiger partial charge in [0.1, 0.15) is 0 Å². The zero-order chi connectivity index (χ0) is 17.0. The van der Waals surface area contributed by atoms with Crippen LogP contribution in [0.2, 0.25) is 0 Å². The summed E-state index contributed by atoms with van der Waals surface area (Å²) in [6, 6.07) is 11.7. The standard InChI is InChI=1S/C16H19N3O3S/c1-11-7-12(2)9-14(8-11)18-10-16(20)19-13-3-5-15(6-4-13)23(17,21)22/h3-9,18H,10H2,1-2H3,(H,19,20)(H2,17,21,22). The molecule has 0 atom stereocenters. The highest BCUT2D eigenvalue weighted by Gasteiger charge is 2.08. The van der Waals surface area contributed by atoms with Crippen molar-refractivity contribution < 1.29 is 13.2 Å². The number of carbonyl (C=O) groups is 1. The molecule has 2 aromatic rings. The minimum atomic E-state index is -3.73. The molecular weight excluding hydrogens is 314 g/mol. The number of nitrogens with one attached hydrogen (secondary N) is 2. The van der Waals surface area contributed by atoms with E-state index in [4.69, 9.17) is 5.14 Å². The third-order valence-corrected chi connectivity index (χ3v) is 4.07. The SMILES string of the molecule is Cc1cc(C)cc(NCC(=O)Nc2ccc(S(N)(=O)=O)cc2)c1. The Morgan fingerprint density at radius 2 is 1.57 bits per heavy atom. The number of primary sulfonamides is 1. The summed E-state index contributed by atoms with van der Waals surface area (Å²) in [4.78, 5) is 11.9. The van der Waals surface area contributed by atoms with E-state index in [9.17, 15) is 13.2 Å². The Morgan fingerprint density at radius 3 is 2.09 bits per heavy atom. The van der Waals surface area contributed by atoms with Crippen molar-refractivity contribution in [1.82, 2.24) is 0 Å². The van der Waals surface area contributed by atoms with Crippen LogP contribution in [0, 0.1) is 13.8 Å². The smallest absolute Gasteiger partial charge is 0.243 e. The van der Waals surface area contributed by atoms with Gasteiger partial charge in [0.25, 0.3) is 0 Å². The molecule has 0 saturated carbocycles. The molecule has 0 spiro atoms. The van der Waals surface area contributed by atoms with Gasteiger partial charge in [0.2, 0.25) is 15.9 Å². The summed E-state index contributed by atoms with van der Waals surface area (Å²) >= 11 is 0. The van der Waals surface area contributed by atoms with Crippen LogP contribution < -0.4 is 15.8 Å². The van der Waals surface area contributed by atoms with E-state index in [-0.39, 0.29) is 17.3 Å². The molecule has 23 heavy (non-hydrogen) atoms. The summed E-state index contributed by atoms with van der Waals surface area (Å²) in [6.45, 7) is 4.09. The summed E-state index contributed by atoms with van der Waals surface area (Å²) in [5, 5.41) is 10.8. The second-order valence-corrected chi connectivity index (χ2v) is 6.91. The van der Waals surface area contributed by atoms with Gasteiger partial charge in [0.05, 0.1) is 11.4 Å². The summed E-state index contributed by atoms with van der Waals surface area (Å²) in [5.41, 5.74) is 3.62. The fourth-order valence-corrected chi connectivity index (χ4v) is 2.71. The topological polar surface area (TPSA) is 101 Å². The van der Waals surface area contributed by atoms with Gasteiger partial charge in [-0.2, -0.15) is 0 Å². The first-order valence-electron chi connectivity index (χ1n) is 6.99. The highest BCUT2D eigenvalue weighted by Crippen LogP contribution is 2.14. The van der Waals surface area contributed by atoms with Crippen molar-refractivity contribution in [3.05, 3.63) is 53.6 Å². The predicted molar refractivity (Wildman–Crippen MR) is 90.9 cm³/mol. The molecule has 0 aliphatic carbocycles. The van der Waals surface area contributed by atoms with E-state index in [1.807, 2.05) is 26.0 Å². The lowest BCUT2D eigenvalue weighted by atomic mass is 10.1. The number of amides is 1. The van der Waals surface area contributed by atoms with Crippen LogP contribution in [0.4, 0.5) is 11.4 Å². The normalized spacial score (nSPS) is 11.1. The van der Waals surface area contributed by atoms with Crippen LogP contribution in [0.3, 0.4) is 0 Å². The molecule has 0 heterocycles. The Morgan fingerprint density at radius 1 is 1.00 bits per heavy atom. The molecule has 0 bridgehead atoms. The number of nitrogens with two attached hydrogens (primary N) is 1. The molecule has 0 unspecified atom stereocenters. The van der Waals surface area contributed by atoms with Gasteiger partial charge in [0, 0.05) is 11.4 Å². The zero-order valence-electron chi connectivity index (χ0n) is 13.0. The van der Waals surface area contributed by atoms with Crippen molar-refractivity contribution in [2.45, 2.75) is 18.7 Å². The number of hydrogen-bond acceptors (Lipinski definition) is 4. The van der Waals surface area contributed by atoms with E-state index in [1.54, 1.807) is 0 Å². The maximum atomic E-state index is 11.9. The van der Waals surface area contributed by atoms with Gasteiger partial charge in [-0.05, 0) is 61.4 Å². The van der Waals surface area contributed by atoms with E-state index in [0.717, 1.165) is 16.8 Å². The van der Waals surface area contributed by atoms with Crippen LogP contribution in [0.5, 0.6) is 0 Å². The Bertz CT molecular complexity index is 795. The molecule has 0 radical (unpaired) electrons. The molecule has 0 fully saturated rings. The number of benzene rings is 2. The summed E-state index contributed by atoms with van der Waals surface area (Å²) in [7, 11) is -3.73. The van der Waals surface area contributed by atoms with Crippen molar-refractivity contribution >= 4 is 27.3 Å². The van der Waals surface area contributed by atoms with Crippen LogP contribution in [0.25, 0.3) is 0 Å². The maximum Gasteiger partial charge on any atom is 0.243 e. The average Bonchev–Trinajstić information content (AvgIpc) is 2.44. The van der Waals surface area contributed by atoms with Gasteiger partial charge in [-0.15, -0.1) is 0 Å². The number of anilines is 2. The van der Waals surface area contributed by atoms with Crippen LogP contribution in [-0.2, 0) is 14.8 Å². The minimum Gasteiger partial charge on any atom is -0.376 e. The molecule has 4 N–H and O–H groups in total. The van der Waals surface area contributed by atoms with Gasteiger partial charge >= 0.3 is 0 Å². The number of sulfonamides is 1. The Hall–Kier alpha value is -2.38. The van der Waals surface area contributed by atoms with Crippen molar-refractivity contribution in [3.8, 4) is 0 Å². The van der Waals surface area contributed by atoms with Crippen LogP contribution in [0.1, 0.15) is 11.1 Å². The highest BCUT2D eigenvalue weighted by molar-refractivity contribution is 7.89. The summed E-state index contributed by atoms with van der Waals surface area (Å²) in [6.07, 6.45) is 0. The monoisotopic (exact) mass is 333 g/mol. The molecule has 0 saturated heterocycles. The number of hydrogen-bond donors (Lipinski definition) is 3. The largest absolute Gasteiger partial charge is 0.376 e. The first kappa shape index (κ1) is 17.0. The Labute approximate surface area is 135 Å². The van der Waals surface area contributed by atoms with E-state index < -0.39 is 10.0 Å². The van der Waals surface area contributed by atoms with Crippen molar-refractivity contribution in [2.75, 3.05) is 17.2 Å². The number of carbonyl (C=O) groups excluding carboxylic acids is 1. The molecule has 7 heteroatoms. The van der Waals surface area contributed by atoms with E-state index >= 15 is 0 Å². The molecule has 2 aromatic carbocycles. The van der Waals surface area contributed by atoms with E-state index in [0.29, 0.717) is 5.69 Å². The minimum absolute atomic E-state index is 0.00357. The molecule has 2 rings (SSSR count). The van der Waals surface area contributed by atoms with Crippen molar-refractivity contribution in [2.24, 2.45) is 5.14 Å². The summed E-state index contributed by atoms with van der Waals surface area (Å²) in [5.74, 6) is -0.229. The molecule has 122 valence electrons. The molecule has 0 aliphatic heterocycles. The molecule has 0 aromatic heterocycles. The predicted octanol–water partition coefficient (Wildman–Crippen LogP) is 2.00. The maximum absolute atomic E-state index is 11.9. The van der Waals surface area contributed by atoms with Gasteiger partial charge < -0.3 is 10.6 Å². The van der Waals surface area contributed by atoms with Gasteiger partial charge in [-0.1, -0.05) is 6.07 Å². The average molecular weight is 333 g/mol. The van der Waals surface area contributed by atoms with Gasteiger partial charge in [0.15, 0.2) is 0 Å². The van der Waals surface area contributed by atoms with Crippen molar-refractivity contribution in [1.29, 1.82) is 0 Å². The molecule has 6 nitrogen and oxygen atoms in total. The molecule has 1 amide bonds. The van der Waals surface area contributed by atoms with Crippen LogP contribution >= 0.6 is 0 Å². The van der Waals surface area contributed by atoms with E-state index in [1.165, 1.54) is 24.3 Å². The third kappa shape index (κ3) is 5.08. The second-order valence-electron chi connectivity index (χ2n) is 5.35. The fourth-order valence-electron chi connectivity index (χ4n) is 2.19. The fraction of sp³-hybridized carbons (Fsp3) is 0.188. The van der Waals surface area contributed by atoms with Gasteiger partial charge in [-0.3, -0.25) is 4.79 Å². The lowest BCUT2D eigenvalue weighted by Crippen LogP contribution is -2.22. The Balaban J connectivity index is 1.94. The lowest BCUT2D eigenvalue weighted by molar-refractivity contribution is -0.114. The molecular formula is C16H19N3O3S. The highest BCUT2D eigenvalue weighted by atomic mass is 32.2. The van der Waals surface area contributed by atoms with Crippen molar-refractivity contribution in [3.63, 3.8) is 0 Å². The van der Waals surface area contributed by atoms with E-state index in [2.05, 4.69) is 16.7 Å². The van der Waals surface area contributed by atoms with Crippen LogP contribution in [-0.4, -0.2) is 20.9 Å². The quantitative estimate of drug-likeness (QED) is 0.779. The third-order valence-electron chi connectivity index (χ3n) is 3.14. The zero-order valence-corrected chi connectivity index (χ0v) is 13.8. The number of rotatable bonds is 5. The first-order chi connectivity index (χ1) is 10.7. The van der Waals surface area contributed by atoms with Gasteiger partial charge in [-0.25, -0.2) is 13.6 Å². The number of aryl methyl sites for hydroxylation is 2. The first-order valence-corrected chi connectivity index (χ1v) is 8.53. The Kier molecular flexibility index (Phi) is 5.02.